The molecule has 1 aliphatic rings. The van der Waals surface area contributed by atoms with Gasteiger partial charge in [0.2, 0.25) is 10.0 Å². The maximum absolute atomic E-state index is 12.5. The summed E-state index contributed by atoms with van der Waals surface area (Å²) in [6.45, 7) is 4.13. The molecule has 0 aliphatic carbocycles. The number of likely N-dealkylation sites (N-methyl/N-ethyl adjacent to an activating group) is 1. The highest BCUT2D eigenvalue weighted by Crippen LogP contribution is 2.20. The molecule has 1 amide bonds. The second kappa shape index (κ2) is 7.11. The minimum Gasteiger partial charge on any atom is -0.480 e. The van der Waals surface area contributed by atoms with Crippen molar-refractivity contribution in [3.63, 3.8) is 0 Å². The summed E-state index contributed by atoms with van der Waals surface area (Å²) in [5.41, 5.74) is -1.16. The second-order valence-corrected chi connectivity index (χ2v) is 8.21. The van der Waals surface area contributed by atoms with Crippen molar-refractivity contribution in [3.8, 4) is 0 Å². The van der Waals surface area contributed by atoms with E-state index in [4.69, 9.17) is 4.74 Å². The first-order valence-electron chi connectivity index (χ1n) is 7.78. The first kappa shape index (κ1) is 19.4. The van der Waals surface area contributed by atoms with Crippen molar-refractivity contribution in [2.45, 2.75) is 24.3 Å². The van der Waals surface area contributed by atoms with Crippen molar-refractivity contribution in [2.75, 3.05) is 33.4 Å². The molecule has 0 spiro atoms. The van der Waals surface area contributed by atoms with E-state index in [2.05, 4.69) is 0 Å². The average Bonchev–Trinajstić information content (AvgIpc) is 2.61. The SMILES string of the molecule is CN(C(=O)c1ccc(S(=O)(=O)N2CCOCC2)cc1)C(C)(C)C(=O)O. The Labute approximate surface area is 147 Å². The molecule has 0 unspecified atom stereocenters. The molecule has 1 N–H and O–H groups in total. The lowest BCUT2D eigenvalue weighted by Gasteiger charge is -2.31. The van der Waals surface area contributed by atoms with Crippen molar-refractivity contribution in [3.05, 3.63) is 29.8 Å². The van der Waals surface area contributed by atoms with Crippen LogP contribution in [0.2, 0.25) is 0 Å². The summed E-state index contributed by atoms with van der Waals surface area (Å²) in [6, 6.07) is 5.51. The van der Waals surface area contributed by atoms with Crippen LogP contribution in [-0.2, 0) is 19.6 Å². The number of sulfonamides is 1. The van der Waals surface area contributed by atoms with E-state index in [9.17, 15) is 23.1 Å². The van der Waals surface area contributed by atoms with Gasteiger partial charge in [-0.3, -0.25) is 4.79 Å². The quantitative estimate of drug-likeness (QED) is 0.816. The van der Waals surface area contributed by atoms with Gasteiger partial charge in [-0.1, -0.05) is 0 Å². The van der Waals surface area contributed by atoms with Gasteiger partial charge in [-0.2, -0.15) is 4.31 Å². The van der Waals surface area contributed by atoms with E-state index in [1.165, 1.54) is 49.5 Å². The third-order valence-corrected chi connectivity index (χ3v) is 6.29. The third-order valence-electron chi connectivity index (χ3n) is 4.38. The zero-order chi connectivity index (χ0) is 18.8. The van der Waals surface area contributed by atoms with Crippen LogP contribution in [0.15, 0.2) is 29.2 Å². The van der Waals surface area contributed by atoms with Crippen LogP contribution in [0.4, 0.5) is 0 Å². The minimum atomic E-state index is -3.63. The number of carboxylic acid groups (broad SMARTS) is 1. The zero-order valence-electron chi connectivity index (χ0n) is 14.4. The average molecular weight is 370 g/mol. The Hall–Kier alpha value is -1.97. The van der Waals surface area contributed by atoms with Gasteiger partial charge in [-0.25, -0.2) is 13.2 Å². The largest absolute Gasteiger partial charge is 0.480 e. The van der Waals surface area contributed by atoms with Crippen molar-refractivity contribution >= 4 is 21.9 Å². The van der Waals surface area contributed by atoms with Crippen LogP contribution >= 0.6 is 0 Å². The number of carbonyl (C=O) groups excluding carboxylic acids is 1. The standard InChI is InChI=1S/C16H22N2O6S/c1-16(2,15(20)21)17(3)14(19)12-4-6-13(7-5-12)25(22,23)18-8-10-24-11-9-18/h4-7H,8-11H2,1-3H3,(H,20,21). The number of hydrogen-bond acceptors (Lipinski definition) is 5. The molecule has 0 atom stereocenters. The van der Waals surface area contributed by atoms with E-state index < -0.39 is 27.4 Å². The highest BCUT2D eigenvalue weighted by atomic mass is 32.2. The first-order chi connectivity index (χ1) is 11.6. The summed E-state index contributed by atoms with van der Waals surface area (Å²) >= 11 is 0. The molecule has 0 aromatic heterocycles. The topological polar surface area (TPSA) is 104 Å². The van der Waals surface area contributed by atoms with Gasteiger partial charge >= 0.3 is 5.97 Å². The Kier molecular flexibility index (Phi) is 5.50. The van der Waals surface area contributed by atoms with Crippen molar-refractivity contribution in [2.24, 2.45) is 0 Å². The molecule has 1 aromatic rings. The second-order valence-electron chi connectivity index (χ2n) is 6.27. The van der Waals surface area contributed by atoms with Gasteiger partial charge in [0.05, 0.1) is 18.1 Å². The van der Waals surface area contributed by atoms with Crippen LogP contribution in [0.5, 0.6) is 0 Å². The van der Waals surface area contributed by atoms with E-state index in [-0.39, 0.29) is 10.5 Å². The third kappa shape index (κ3) is 3.83. The van der Waals surface area contributed by atoms with Crippen LogP contribution in [0.25, 0.3) is 0 Å². The molecule has 25 heavy (non-hydrogen) atoms. The summed E-state index contributed by atoms with van der Waals surface area (Å²) in [6.07, 6.45) is 0. The number of nitrogens with zero attached hydrogens (tertiary/aromatic N) is 2. The Morgan fingerprint density at radius 2 is 1.68 bits per heavy atom. The Balaban J connectivity index is 2.22. The van der Waals surface area contributed by atoms with Gasteiger partial charge in [0.25, 0.3) is 5.91 Å². The number of rotatable bonds is 5. The highest BCUT2D eigenvalue weighted by Gasteiger charge is 2.35. The summed E-state index contributed by atoms with van der Waals surface area (Å²) < 4.78 is 31.6. The van der Waals surface area contributed by atoms with Gasteiger partial charge in [0.15, 0.2) is 0 Å². The number of carboxylic acids is 1. The summed E-state index contributed by atoms with van der Waals surface area (Å²) in [4.78, 5) is 24.9. The molecule has 1 saturated heterocycles. The van der Waals surface area contributed by atoms with Crippen molar-refractivity contribution in [1.82, 2.24) is 9.21 Å². The van der Waals surface area contributed by atoms with Crippen LogP contribution in [0.1, 0.15) is 24.2 Å². The van der Waals surface area contributed by atoms with Gasteiger partial charge < -0.3 is 14.7 Å². The number of amides is 1. The van der Waals surface area contributed by atoms with Crippen molar-refractivity contribution < 1.29 is 27.9 Å². The Morgan fingerprint density at radius 1 is 1.16 bits per heavy atom. The van der Waals surface area contributed by atoms with Crippen LogP contribution in [-0.4, -0.2) is 73.5 Å². The van der Waals surface area contributed by atoms with Gasteiger partial charge in [0, 0.05) is 25.7 Å². The molecular formula is C16H22N2O6S. The van der Waals surface area contributed by atoms with E-state index >= 15 is 0 Å². The van der Waals surface area contributed by atoms with Crippen LogP contribution in [0, 0.1) is 0 Å². The molecule has 0 saturated carbocycles. The monoisotopic (exact) mass is 370 g/mol. The molecule has 2 rings (SSSR count). The summed E-state index contributed by atoms with van der Waals surface area (Å²) in [7, 11) is -2.23. The zero-order valence-corrected chi connectivity index (χ0v) is 15.2. The number of benzene rings is 1. The van der Waals surface area contributed by atoms with Gasteiger partial charge in [0.1, 0.15) is 5.54 Å². The molecule has 1 heterocycles. The maximum atomic E-state index is 12.5. The fourth-order valence-corrected chi connectivity index (χ4v) is 3.70. The molecule has 8 nitrogen and oxygen atoms in total. The Morgan fingerprint density at radius 3 is 2.16 bits per heavy atom. The van der Waals surface area contributed by atoms with E-state index in [1.54, 1.807) is 0 Å². The minimum absolute atomic E-state index is 0.0890. The molecule has 1 aromatic carbocycles. The lowest BCUT2D eigenvalue weighted by atomic mass is 10.0. The number of morpholine rings is 1. The Bertz CT molecular complexity index is 751. The van der Waals surface area contributed by atoms with Crippen LogP contribution in [0.3, 0.4) is 0 Å². The highest BCUT2D eigenvalue weighted by molar-refractivity contribution is 7.89. The number of hydrogen-bond donors (Lipinski definition) is 1. The number of carbonyl (C=O) groups is 2. The van der Waals surface area contributed by atoms with E-state index in [0.717, 1.165) is 4.90 Å². The van der Waals surface area contributed by atoms with Crippen LogP contribution < -0.4 is 0 Å². The molecule has 138 valence electrons. The number of aliphatic carboxylic acids is 1. The van der Waals surface area contributed by atoms with Gasteiger partial charge in [-0.15, -0.1) is 0 Å². The predicted molar refractivity (Wildman–Crippen MR) is 89.8 cm³/mol. The summed E-state index contributed by atoms with van der Waals surface area (Å²) in [5.74, 6) is -1.63. The normalized spacial score (nSPS) is 16.4. The first-order valence-corrected chi connectivity index (χ1v) is 9.22. The fraction of sp³-hybridized carbons (Fsp3) is 0.500. The lowest BCUT2D eigenvalue weighted by molar-refractivity contribution is -0.147. The molecule has 0 bridgehead atoms. The van der Waals surface area contributed by atoms with E-state index in [0.29, 0.717) is 26.3 Å². The molecule has 9 heteroatoms. The fourth-order valence-electron chi connectivity index (χ4n) is 2.30. The summed E-state index contributed by atoms with van der Waals surface area (Å²) in [5, 5.41) is 9.21. The van der Waals surface area contributed by atoms with Crippen molar-refractivity contribution in [1.29, 1.82) is 0 Å². The molecule has 1 aliphatic heterocycles. The smallest absolute Gasteiger partial charge is 0.329 e. The van der Waals surface area contributed by atoms with E-state index in [1.807, 2.05) is 0 Å². The van der Waals surface area contributed by atoms with Gasteiger partial charge in [-0.05, 0) is 38.1 Å². The molecule has 0 radical (unpaired) electrons. The molecule has 1 fully saturated rings. The molecular weight excluding hydrogens is 348 g/mol. The lowest BCUT2D eigenvalue weighted by Crippen LogP contribution is -2.50. The predicted octanol–water partition coefficient (Wildman–Crippen LogP) is 0.643. The number of ether oxygens (including phenoxy) is 1. The maximum Gasteiger partial charge on any atom is 0.329 e.